The van der Waals surface area contributed by atoms with Gasteiger partial charge in [0, 0.05) is 18.3 Å². The third kappa shape index (κ3) is 2.34. The van der Waals surface area contributed by atoms with E-state index in [-0.39, 0.29) is 0 Å². The van der Waals surface area contributed by atoms with Gasteiger partial charge in [-0.05, 0) is 13.8 Å². The Hall–Kier alpha value is -2.31. The second-order valence-corrected chi connectivity index (χ2v) is 4.04. The zero-order chi connectivity index (χ0) is 13.1. The van der Waals surface area contributed by atoms with Gasteiger partial charge in [0.15, 0.2) is 11.6 Å². The summed E-state index contributed by atoms with van der Waals surface area (Å²) >= 11 is 0. The highest BCUT2D eigenvalue weighted by Gasteiger charge is 2.10. The number of hydrogen-bond donors (Lipinski definition) is 2. The molecular weight excluding hydrogens is 232 g/mol. The first-order valence-electron chi connectivity index (χ1n) is 5.58. The summed E-state index contributed by atoms with van der Waals surface area (Å²) in [7, 11) is 1.51. The molecule has 0 amide bonds. The monoisotopic (exact) mass is 248 g/mol. The van der Waals surface area contributed by atoms with Crippen molar-refractivity contribution in [3.05, 3.63) is 18.6 Å². The number of nitrogens with one attached hydrogen (secondary N) is 1. The second-order valence-electron chi connectivity index (χ2n) is 4.04. The molecule has 0 saturated carbocycles. The fourth-order valence-electron chi connectivity index (χ4n) is 1.46. The average Bonchev–Trinajstić information content (AvgIpc) is 2.80. The lowest BCUT2D eigenvalue weighted by molar-refractivity contribution is 0.399. The number of aromatic nitrogens is 4. The van der Waals surface area contributed by atoms with Gasteiger partial charge >= 0.3 is 0 Å². The molecular formula is C11H16N6O. The molecule has 0 atom stereocenters. The molecule has 2 heterocycles. The smallest absolute Gasteiger partial charge is 0.242 e. The molecule has 96 valence electrons. The van der Waals surface area contributed by atoms with Crippen molar-refractivity contribution in [2.75, 3.05) is 18.2 Å². The fraction of sp³-hybridized carbons (Fsp3) is 0.364. The number of nitrogens with zero attached hydrogens (tertiary/aromatic N) is 4. The molecule has 0 bridgehead atoms. The Morgan fingerprint density at radius 2 is 2.17 bits per heavy atom. The fourth-order valence-corrected chi connectivity index (χ4v) is 1.46. The third-order valence-electron chi connectivity index (χ3n) is 2.42. The highest BCUT2D eigenvalue weighted by atomic mass is 16.5. The van der Waals surface area contributed by atoms with Crippen molar-refractivity contribution in [1.82, 2.24) is 19.7 Å². The first-order valence-corrected chi connectivity index (χ1v) is 5.58. The molecule has 0 aliphatic rings. The summed E-state index contributed by atoms with van der Waals surface area (Å²) in [5.74, 6) is 1.50. The standard InChI is InChI=1S/C11H16N6O/c1-7(2)17-5-4-8(16-17)15-10-9(12)11(18-3)14-6-13-10/h4-7H,12H2,1-3H3,(H,13,14,15,16). The Morgan fingerprint density at radius 1 is 1.39 bits per heavy atom. The van der Waals surface area contributed by atoms with Crippen LogP contribution in [-0.4, -0.2) is 26.9 Å². The van der Waals surface area contributed by atoms with Crippen LogP contribution in [-0.2, 0) is 0 Å². The molecule has 18 heavy (non-hydrogen) atoms. The average molecular weight is 248 g/mol. The summed E-state index contributed by atoms with van der Waals surface area (Å²) in [4.78, 5) is 7.97. The molecule has 0 saturated heterocycles. The Kier molecular flexibility index (Phi) is 3.31. The van der Waals surface area contributed by atoms with Crippen molar-refractivity contribution < 1.29 is 4.74 Å². The van der Waals surface area contributed by atoms with Gasteiger partial charge in [0.05, 0.1) is 7.11 Å². The summed E-state index contributed by atoms with van der Waals surface area (Å²) in [6.45, 7) is 4.11. The van der Waals surface area contributed by atoms with Crippen molar-refractivity contribution in [3.63, 3.8) is 0 Å². The van der Waals surface area contributed by atoms with Crippen LogP contribution in [0, 0.1) is 0 Å². The molecule has 3 N–H and O–H groups in total. The van der Waals surface area contributed by atoms with Gasteiger partial charge < -0.3 is 15.8 Å². The highest BCUT2D eigenvalue weighted by Crippen LogP contribution is 2.26. The van der Waals surface area contributed by atoms with Gasteiger partial charge in [-0.25, -0.2) is 4.98 Å². The number of rotatable bonds is 4. The SMILES string of the molecule is COc1ncnc(Nc2ccn(C(C)C)n2)c1N. The molecule has 7 nitrogen and oxygen atoms in total. The first kappa shape index (κ1) is 12.2. The van der Waals surface area contributed by atoms with Crippen LogP contribution in [0.2, 0.25) is 0 Å². The van der Waals surface area contributed by atoms with Gasteiger partial charge in [-0.3, -0.25) is 4.68 Å². The van der Waals surface area contributed by atoms with Crippen molar-refractivity contribution in [1.29, 1.82) is 0 Å². The Balaban J connectivity index is 2.23. The maximum absolute atomic E-state index is 5.86. The van der Waals surface area contributed by atoms with Gasteiger partial charge in [0.2, 0.25) is 5.88 Å². The number of nitrogens with two attached hydrogens (primary N) is 1. The topological polar surface area (TPSA) is 90.9 Å². The van der Waals surface area contributed by atoms with Crippen LogP contribution in [0.5, 0.6) is 5.88 Å². The number of ether oxygens (including phenoxy) is 1. The van der Waals surface area contributed by atoms with Crippen molar-refractivity contribution in [2.24, 2.45) is 0 Å². The van der Waals surface area contributed by atoms with E-state index in [2.05, 4.69) is 34.2 Å². The van der Waals surface area contributed by atoms with Crippen LogP contribution in [0.25, 0.3) is 0 Å². The van der Waals surface area contributed by atoms with E-state index in [0.717, 1.165) is 0 Å². The maximum atomic E-state index is 5.86. The van der Waals surface area contributed by atoms with Crippen LogP contribution in [0.4, 0.5) is 17.3 Å². The van der Waals surface area contributed by atoms with Crippen LogP contribution < -0.4 is 15.8 Å². The van der Waals surface area contributed by atoms with Crippen molar-refractivity contribution >= 4 is 17.3 Å². The summed E-state index contributed by atoms with van der Waals surface area (Å²) in [5, 5.41) is 7.38. The van der Waals surface area contributed by atoms with E-state index in [4.69, 9.17) is 10.5 Å². The molecule has 0 aromatic carbocycles. The molecule has 0 unspecified atom stereocenters. The Labute approximate surface area is 105 Å². The Morgan fingerprint density at radius 3 is 2.78 bits per heavy atom. The first-order chi connectivity index (χ1) is 8.61. The molecule has 2 aromatic rings. The van der Waals surface area contributed by atoms with Crippen molar-refractivity contribution in [3.8, 4) is 5.88 Å². The maximum Gasteiger partial charge on any atom is 0.242 e. The minimum atomic E-state index is 0.304. The van der Waals surface area contributed by atoms with Crippen LogP contribution in [0.1, 0.15) is 19.9 Å². The van der Waals surface area contributed by atoms with Crippen LogP contribution >= 0.6 is 0 Å². The number of hydrogen-bond acceptors (Lipinski definition) is 6. The summed E-state index contributed by atoms with van der Waals surface area (Å²) in [6.07, 6.45) is 3.28. The van der Waals surface area contributed by atoms with Gasteiger partial charge in [-0.15, -0.1) is 0 Å². The number of anilines is 3. The van der Waals surface area contributed by atoms with Gasteiger partial charge in [-0.2, -0.15) is 10.1 Å². The lowest BCUT2D eigenvalue weighted by Gasteiger charge is -2.08. The van der Waals surface area contributed by atoms with E-state index in [1.165, 1.54) is 13.4 Å². The number of nitrogen functional groups attached to an aromatic ring is 1. The molecule has 0 aliphatic carbocycles. The van der Waals surface area contributed by atoms with Gasteiger partial charge in [-0.1, -0.05) is 0 Å². The van der Waals surface area contributed by atoms with Crippen molar-refractivity contribution in [2.45, 2.75) is 19.9 Å². The predicted octanol–water partition coefficient (Wildman–Crippen LogP) is 1.59. The zero-order valence-electron chi connectivity index (χ0n) is 10.6. The molecule has 0 fully saturated rings. The third-order valence-corrected chi connectivity index (χ3v) is 2.42. The van der Waals surface area contributed by atoms with Gasteiger partial charge in [0.1, 0.15) is 12.0 Å². The molecule has 0 spiro atoms. The largest absolute Gasteiger partial charge is 0.479 e. The minimum Gasteiger partial charge on any atom is -0.479 e. The number of methoxy groups -OCH3 is 1. The molecule has 0 aliphatic heterocycles. The quantitative estimate of drug-likeness (QED) is 0.853. The summed E-state index contributed by atoms with van der Waals surface area (Å²) in [5.41, 5.74) is 6.22. The second kappa shape index (κ2) is 4.91. The molecule has 2 aromatic heterocycles. The van der Waals surface area contributed by atoms with E-state index in [9.17, 15) is 0 Å². The predicted molar refractivity (Wildman–Crippen MR) is 68.9 cm³/mol. The highest BCUT2D eigenvalue weighted by molar-refractivity contribution is 5.70. The normalized spacial score (nSPS) is 10.7. The molecule has 0 radical (unpaired) electrons. The van der Waals surface area contributed by atoms with Crippen LogP contribution in [0.15, 0.2) is 18.6 Å². The Bertz CT molecular complexity index is 536. The lowest BCUT2D eigenvalue weighted by atomic mass is 10.4. The van der Waals surface area contributed by atoms with E-state index in [1.54, 1.807) is 0 Å². The summed E-state index contributed by atoms with van der Waals surface area (Å²) in [6, 6.07) is 2.16. The van der Waals surface area contributed by atoms with Gasteiger partial charge in [0.25, 0.3) is 0 Å². The molecule has 2 rings (SSSR count). The molecule has 7 heteroatoms. The van der Waals surface area contributed by atoms with Crippen LogP contribution in [0.3, 0.4) is 0 Å². The zero-order valence-corrected chi connectivity index (χ0v) is 10.6. The lowest BCUT2D eigenvalue weighted by Crippen LogP contribution is -2.05. The summed E-state index contributed by atoms with van der Waals surface area (Å²) < 4.78 is 6.87. The van der Waals surface area contributed by atoms with E-state index in [1.807, 2.05) is 16.9 Å². The van der Waals surface area contributed by atoms with E-state index in [0.29, 0.717) is 29.2 Å². The minimum absolute atomic E-state index is 0.304. The van der Waals surface area contributed by atoms with E-state index >= 15 is 0 Å². The van der Waals surface area contributed by atoms with E-state index < -0.39 is 0 Å².